The van der Waals surface area contributed by atoms with Crippen LogP contribution in [0.25, 0.3) is 0 Å². The van der Waals surface area contributed by atoms with E-state index >= 15 is 0 Å². The quantitative estimate of drug-likeness (QED) is 0.537. The predicted octanol–water partition coefficient (Wildman–Crippen LogP) is 2.30. The summed E-state index contributed by atoms with van der Waals surface area (Å²) in [5.74, 6) is -0.503. The molecule has 10 heteroatoms. The van der Waals surface area contributed by atoms with Gasteiger partial charge in [-0.05, 0) is 43.2 Å². The van der Waals surface area contributed by atoms with Gasteiger partial charge in [-0.1, -0.05) is 6.07 Å². The van der Waals surface area contributed by atoms with E-state index in [4.69, 9.17) is 4.74 Å². The second-order valence-corrected chi connectivity index (χ2v) is 8.04. The minimum Gasteiger partial charge on any atom is -0.377 e. The highest BCUT2D eigenvalue weighted by Gasteiger charge is 2.20. The van der Waals surface area contributed by atoms with Gasteiger partial charge in [0.15, 0.2) is 0 Å². The predicted molar refractivity (Wildman–Crippen MR) is 102 cm³/mol. The molecule has 1 amide bonds. The van der Waals surface area contributed by atoms with E-state index in [1.807, 2.05) is 0 Å². The fraction of sp³-hybridized carbons (Fsp3) is 0.278. The first-order chi connectivity index (χ1) is 13.3. The fourth-order valence-corrected chi connectivity index (χ4v) is 3.84. The Bertz CT molecular complexity index is 969. The van der Waals surface area contributed by atoms with Gasteiger partial charge in [0.25, 0.3) is 11.6 Å². The zero-order valence-electron chi connectivity index (χ0n) is 14.8. The van der Waals surface area contributed by atoms with Crippen molar-refractivity contribution < 1.29 is 22.9 Å². The number of amides is 1. The van der Waals surface area contributed by atoms with Crippen LogP contribution in [-0.2, 0) is 14.8 Å². The average molecular weight is 405 g/mol. The molecule has 0 spiro atoms. The van der Waals surface area contributed by atoms with Crippen molar-refractivity contribution in [1.82, 2.24) is 4.72 Å². The molecule has 2 N–H and O–H groups in total. The van der Waals surface area contributed by atoms with Gasteiger partial charge < -0.3 is 10.1 Å². The average Bonchev–Trinajstić information content (AvgIpc) is 3.20. The van der Waals surface area contributed by atoms with Gasteiger partial charge in [0.1, 0.15) is 0 Å². The van der Waals surface area contributed by atoms with E-state index in [0.717, 1.165) is 12.8 Å². The second kappa shape index (κ2) is 8.46. The third-order valence-electron chi connectivity index (χ3n) is 4.27. The standard InChI is InChI=1S/C18H19N3O6S/c22-18(20-14-3-1-4-15(11-14)21(23)24)13-6-8-17(9-7-13)28(25,26)19-12-16-5-2-10-27-16/h1,3-4,6-9,11,16,19H,2,5,10,12H2,(H,20,22). The van der Waals surface area contributed by atoms with Gasteiger partial charge in [0.2, 0.25) is 10.0 Å². The van der Waals surface area contributed by atoms with Crippen molar-refractivity contribution in [1.29, 1.82) is 0 Å². The van der Waals surface area contributed by atoms with Crippen LogP contribution in [0.4, 0.5) is 11.4 Å². The Morgan fingerprint density at radius 3 is 2.61 bits per heavy atom. The maximum Gasteiger partial charge on any atom is 0.271 e. The smallest absolute Gasteiger partial charge is 0.271 e. The summed E-state index contributed by atoms with van der Waals surface area (Å²) in [6, 6.07) is 11.0. The molecule has 148 valence electrons. The van der Waals surface area contributed by atoms with Gasteiger partial charge in [0, 0.05) is 36.5 Å². The molecule has 1 saturated heterocycles. The van der Waals surface area contributed by atoms with Gasteiger partial charge in [-0.3, -0.25) is 14.9 Å². The summed E-state index contributed by atoms with van der Waals surface area (Å²) in [6.45, 7) is 0.845. The van der Waals surface area contributed by atoms with E-state index in [2.05, 4.69) is 10.0 Å². The number of non-ortho nitro benzene ring substituents is 1. The molecule has 1 unspecified atom stereocenters. The number of hydrogen-bond acceptors (Lipinski definition) is 6. The molecule has 9 nitrogen and oxygen atoms in total. The van der Waals surface area contributed by atoms with Crippen molar-refractivity contribution in [2.24, 2.45) is 0 Å². The number of nitrogens with zero attached hydrogens (tertiary/aromatic N) is 1. The van der Waals surface area contributed by atoms with Crippen LogP contribution in [0.5, 0.6) is 0 Å². The van der Waals surface area contributed by atoms with Gasteiger partial charge in [0.05, 0.1) is 15.9 Å². The van der Waals surface area contributed by atoms with Crippen LogP contribution in [0.2, 0.25) is 0 Å². The normalized spacial score (nSPS) is 16.6. The van der Waals surface area contributed by atoms with Crippen LogP contribution >= 0.6 is 0 Å². The van der Waals surface area contributed by atoms with E-state index < -0.39 is 20.9 Å². The zero-order valence-corrected chi connectivity index (χ0v) is 15.6. The first-order valence-electron chi connectivity index (χ1n) is 8.62. The minimum atomic E-state index is -3.70. The molecule has 28 heavy (non-hydrogen) atoms. The molecule has 1 heterocycles. The number of anilines is 1. The van der Waals surface area contributed by atoms with E-state index in [1.165, 1.54) is 48.5 Å². The highest BCUT2D eigenvalue weighted by Crippen LogP contribution is 2.19. The molecule has 0 radical (unpaired) electrons. The Kier molecular flexibility index (Phi) is 6.02. The maximum absolute atomic E-state index is 12.3. The van der Waals surface area contributed by atoms with Gasteiger partial charge in [-0.25, -0.2) is 13.1 Å². The molecule has 1 aliphatic rings. The summed E-state index contributed by atoms with van der Waals surface area (Å²) in [6.07, 6.45) is 1.62. The van der Waals surface area contributed by atoms with Crippen molar-refractivity contribution in [2.45, 2.75) is 23.8 Å². The Balaban J connectivity index is 1.65. The molecule has 1 fully saturated rings. The molecule has 0 aliphatic carbocycles. The van der Waals surface area contributed by atoms with Crippen LogP contribution in [0.15, 0.2) is 53.4 Å². The molecule has 0 saturated carbocycles. The fourth-order valence-electron chi connectivity index (χ4n) is 2.78. The molecule has 2 aromatic carbocycles. The number of nitrogens with one attached hydrogen (secondary N) is 2. The number of rotatable bonds is 7. The first kappa shape index (κ1) is 19.9. The number of sulfonamides is 1. The van der Waals surface area contributed by atoms with Gasteiger partial charge in [-0.15, -0.1) is 0 Å². The number of benzene rings is 2. The van der Waals surface area contributed by atoms with Crippen LogP contribution in [0.3, 0.4) is 0 Å². The minimum absolute atomic E-state index is 0.0393. The lowest BCUT2D eigenvalue weighted by Gasteiger charge is -2.11. The summed E-state index contributed by atoms with van der Waals surface area (Å²) in [5, 5.41) is 13.3. The Hall–Kier alpha value is -2.82. The van der Waals surface area contributed by atoms with Crippen molar-refractivity contribution in [3.05, 3.63) is 64.2 Å². The van der Waals surface area contributed by atoms with E-state index in [1.54, 1.807) is 0 Å². The first-order valence-corrected chi connectivity index (χ1v) is 10.1. The third kappa shape index (κ3) is 4.91. The van der Waals surface area contributed by atoms with Crippen molar-refractivity contribution >= 4 is 27.3 Å². The van der Waals surface area contributed by atoms with Crippen LogP contribution in [0.1, 0.15) is 23.2 Å². The lowest BCUT2D eigenvalue weighted by molar-refractivity contribution is -0.384. The highest BCUT2D eigenvalue weighted by atomic mass is 32.2. The lowest BCUT2D eigenvalue weighted by Crippen LogP contribution is -2.31. The van der Waals surface area contributed by atoms with Crippen molar-refractivity contribution in [3.8, 4) is 0 Å². The Morgan fingerprint density at radius 2 is 1.96 bits per heavy atom. The number of carbonyl (C=O) groups is 1. The summed E-state index contributed by atoms with van der Waals surface area (Å²) in [5.41, 5.74) is 0.357. The highest BCUT2D eigenvalue weighted by molar-refractivity contribution is 7.89. The third-order valence-corrected chi connectivity index (χ3v) is 5.71. The molecule has 0 bridgehead atoms. The number of ether oxygens (including phenoxy) is 1. The number of carbonyl (C=O) groups excluding carboxylic acids is 1. The molecule has 2 aromatic rings. The largest absolute Gasteiger partial charge is 0.377 e. The van der Waals surface area contributed by atoms with E-state index in [9.17, 15) is 23.3 Å². The maximum atomic E-state index is 12.3. The SMILES string of the molecule is O=C(Nc1cccc([N+](=O)[O-])c1)c1ccc(S(=O)(=O)NCC2CCCO2)cc1. The Labute approximate surface area is 161 Å². The second-order valence-electron chi connectivity index (χ2n) is 6.27. The van der Waals surface area contributed by atoms with Crippen LogP contribution < -0.4 is 10.0 Å². The summed E-state index contributed by atoms with van der Waals surface area (Å²) >= 11 is 0. The van der Waals surface area contributed by atoms with Gasteiger partial charge in [-0.2, -0.15) is 0 Å². The number of hydrogen-bond donors (Lipinski definition) is 2. The lowest BCUT2D eigenvalue weighted by atomic mass is 10.2. The molecule has 0 aromatic heterocycles. The summed E-state index contributed by atoms with van der Waals surface area (Å²) < 4.78 is 32.6. The van der Waals surface area contributed by atoms with E-state index in [-0.39, 0.29) is 34.5 Å². The molecule has 1 atom stereocenters. The van der Waals surface area contributed by atoms with Crippen molar-refractivity contribution in [3.63, 3.8) is 0 Å². The van der Waals surface area contributed by atoms with Crippen LogP contribution in [0, 0.1) is 10.1 Å². The zero-order chi connectivity index (χ0) is 20.1. The van der Waals surface area contributed by atoms with Gasteiger partial charge >= 0.3 is 0 Å². The molecular weight excluding hydrogens is 386 g/mol. The summed E-state index contributed by atoms with van der Waals surface area (Å²) in [4.78, 5) is 22.6. The monoisotopic (exact) mass is 405 g/mol. The number of nitro groups is 1. The molecule has 1 aliphatic heterocycles. The van der Waals surface area contributed by atoms with Crippen LogP contribution in [-0.4, -0.2) is 38.5 Å². The Morgan fingerprint density at radius 1 is 1.21 bits per heavy atom. The summed E-state index contributed by atoms with van der Waals surface area (Å²) in [7, 11) is -3.70. The molecule has 3 rings (SSSR count). The topological polar surface area (TPSA) is 128 Å². The van der Waals surface area contributed by atoms with E-state index in [0.29, 0.717) is 6.61 Å². The molecular formula is C18H19N3O6S. The number of nitro benzene ring substituents is 1. The van der Waals surface area contributed by atoms with Crippen molar-refractivity contribution in [2.75, 3.05) is 18.5 Å².